The summed E-state index contributed by atoms with van der Waals surface area (Å²) in [5.74, 6) is 2.88. The van der Waals surface area contributed by atoms with Crippen LogP contribution >= 0.6 is 15.9 Å². The molecule has 2 fully saturated rings. The van der Waals surface area contributed by atoms with Crippen LogP contribution in [0.15, 0.2) is 39.9 Å². The first-order chi connectivity index (χ1) is 18.7. The van der Waals surface area contributed by atoms with Crippen molar-refractivity contribution < 1.29 is 9.53 Å². The number of halogens is 1. The van der Waals surface area contributed by atoms with Crippen LogP contribution in [0.3, 0.4) is 0 Å². The SMILES string of the molecule is CC(C)CCC[C@@H](C)[C@H]1CC[C@@]2(C)C3=C(CC[C@]12C)[C@@]1(C)CC[C@H](OC(=O)c2ccc(Br)cc2)C(C)(C)C1CC3. The summed E-state index contributed by atoms with van der Waals surface area (Å²) >= 11 is 3.48. The number of benzene rings is 1. The zero-order valence-electron chi connectivity index (χ0n) is 26.7. The van der Waals surface area contributed by atoms with Crippen molar-refractivity contribution in [2.75, 3.05) is 0 Å². The van der Waals surface area contributed by atoms with Crippen molar-refractivity contribution in [1.29, 1.82) is 0 Å². The molecule has 0 saturated heterocycles. The predicted octanol–water partition coefficient (Wildman–Crippen LogP) is 11.2. The number of fused-ring (bicyclic) bond motifs is 4. The van der Waals surface area contributed by atoms with Crippen molar-refractivity contribution in [2.45, 2.75) is 132 Å². The molecule has 0 amide bonds. The summed E-state index contributed by atoms with van der Waals surface area (Å²) in [7, 11) is 0. The summed E-state index contributed by atoms with van der Waals surface area (Å²) in [6.07, 6.45) is 14.1. The van der Waals surface area contributed by atoms with Crippen LogP contribution in [0, 0.1) is 45.3 Å². The zero-order chi connectivity index (χ0) is 29.1. The molecule has 7 atom stereocenters. The second-order valence-electron chi connectivity index (χ2n) is 15.9. The van der Waals surface area contributed by atoms with E-state index in [2.05, 4.69) is 71.3 Å². The number of carbonyl (C=O) groups excluding carboxylic acids is 1. The van der Waals surface area contributed by atoms with Crippen molar-refractivity contribution in [2.24, 2.45) is 45.3 Å². The third kappa shape index (κ3) is 4.87. The van der Waals surface area contributed by atoms with Crippen LogP contribution in [0.4, 0.5) is 0 Å². The lowest BCUT2D eigenvalue weighted by Crippen LogP contribution is -2.55. The van der Waals surface area contributed by atoms with Gasteiger partial charge in [0.1, 0.15) is 6.10 Å². The molecule has 2 saturated carbocycles. The molecule has 0 bridgehead atoms. The zero-order valence-corrected chi connectivity index (χ0v) is 28.3. The van der Waals surface area contributed by atoms with Gasteiger partial charge in [0.25, 0.3) is 0 Å². The third-order valence-electron chi connectivity index (χ3n) is 13.2. The highest BCUT2D eigenvalue weighted by Gasteiger charge is 2.63. The number of hydrogen-bond acceptors (Lipinski definition) is 2. The monoisotopic (exact) mass is 610 g/mol. The van der Waals surface area contributed by atoms with Crippen LogP contribution in [0.2, 0.25) is 0 Å². The van der Waals surface area contributed by atoms with E-state index < -0.39 is 0 Å². The van der Waals surface area contributed by atoms with Gasteiger partial charge in [0.15, 0.2) is 0 Å². The van der Waals surface area contributed by atoms with Gasteiger partial charge in [0, 0.05) is 9.89 Å². The van der Waals surface area contributed by atoms with Gasteiger partial charge in [0.05, 0.1) is 5.56 Å². The molecule has 1 aromatic rings. The van der Waals surface area contributed by atoms with Gasteiger partial charge in [-0.1, -0.05) is 102 Å². The van der Waals surface area contributed by atoms with E-state index in [4.69, 9.17) is 4.74 Å². The number of rotatable bonds is 7. The van der Waals surface area contributed by atoms with Crippen LogP contribution in [-0.2, 0) is 4.74 Å². The maximum absolute atomic E-state index is 13.1. The summed E-state index contributed by atoms with van der Waals surface area (Å²) < 4.78 is 7.27. The molecule has 1 aromatic carbocycles. The average Bonchev–Trinajstić information content (AvgIpc) is 3.17. The van der Waals surface area contributed by atoms with Gasteiger partial charge >= 0.3 is 5.97 Å². The molecule has 5 rings (SSSR count). The Balaban J connectivity index is 1.36. The fourth-order valence-corrected chi connectivity index (χ4v) is 10.9. The minimum atomic E-state index is -0.176. The van der Waals surface area contributed by atoms with Crippen LogP contribution in [0.1, 0.15) is 136 Å². The first-order valence-corrected chi connectivity index (χ1v) is 17.2. The molecule has 2 nitrogen and oxygen atoms in total. The molecule has 0 spiro atoms. The van der Waals surface area contributed by atoms with E-state index in [1.807, 2.05) is 35.4 Å². The van der Waals surface area contributed by atoms with E-state index in [0.717, 1.165) is 35.1 Å². The van der Waals surface area contributed by atoms with E-state index in [9.17, 15) is 4.79 Å². The molecule has 40 heavy (non-hydrogen) atoms. The number of esters is 1. The van der Waals surface area contributed by atoms with E-state index in [-0.39, 0.29) is 22.9 Å². The summed E-state index contributed by atoms with van der Waals surface area (Å²) in [6, 6.07) is 7.58. The lowest BCUT2D eigenvalue weighted by Gasteiger charge is -2.62. The van der Waals surface area contributed by atoms with Gasteiger partial charge in [0.2, 0.25) is 0 Å². The van der Waals surface area contributed by atoms with E-state index in [1.165, 1.54) is 57.8 Å². The molecule has 0 N–H and O–H groups in total. The maximum atomic E-state index is 13.1. The number of carbonyl (C=O) groups is 1. The van der Waals surface area contributed by atoms with Crippen molar-refractivity contribution in [3.8, 4) is 0 Å². The van der Waals surface area contributed by atoms with Crippen LogP contribution in [-0.4, -0.2) is 12.1 Å². The molecular weight excluding hydrogens is 556 g/mol. The van der Waals surface area contributed by atoms with Gasteiger partial charge < -0.3 is 4.74 Å². The second kappa shape index (κ2) is 10.9. The quantitative estimate of drug-likeness (QED) is 0.226. The Labute approximate surface area is 253 Å². The lowest BCUT2D eigenvalue weighted by atomic mass is 9.43. The van der Waals surface area contributed by atoms with Gasteiger partial charge in [-0.05, 0) is 116 Å². The second-order valence-corrected chi connectivity index (χ2v) is 16.8. The molecule has 1 unspecified atom stereocenters. The molecule has 222 valence electrons. The molecule has 0 heterocycles. The highest BCUT2D eigenvalue weighted by atomic mass is 79.9. The first kappa shape index (κ1) is 30.4. The van der Waals surface area contributed by atoms with Gasteiger partial charge in [-0.25, -0.2) is 4.79 Å². The summed E-state index contributed by atoms with van der Waals surface area (Å²) in [5.41, 5.74) is 5.29. The summed E-state index contributed by atoms with van der Waals surface area (Å²) in [6.45, 7) is 20.0. The smallest absolute Gasteiger partial charge is 0.338 e. The molecule has 0 radical (unpaired) electrons. The van der Waals surface area contributed by atoms with Gasteiger partial charge in [-0.2, -0.15) is 0 Å². The number of hydrogen-bond donors (Lipinski definition) is 0. The lowest BCUT2D eigenvalue weighted by molar-refractivity contribution is -0.104. The fourth-order valence-electron chi connectivity index (χ4n) is 10.7. The number of ether oxygens (including phenoxy) is 1. The first-order valence-electron chi connectivity index (χ1n) is 16.4. The highest BCUT2D eigenvalue weighted by Crippen LogP contribution is 2.72. The van der Waals surface area contributed by atoms with Crippen molar-refractivity contribution in [3.63, 3.8) is 0 Å². The third-order valence-corrected chi connectivity index (χ3v) is 13.7. The summed E-state index contributed by atoms with van der Waals surface area (Å²) in [4.78, 5) is 13.1. The molecule has 4 aliphatic rings. The molecule has 0 aromatic heterocycles. The van der Waals surface area contributed by atoms with Gasteiger partial charge in [-0.3, -0.25) is 0 Å². The standard InChI is InChI=1S/C37H55BrO2/c1-24(2)10-9-11-25(3)28-18-22-37(8)30-16-17-31-34(4,5)32(40-33(39)26-12-14-27(38)15-13-26)20-21-35(31,6)29(30)19-23-36(28,37)7/h12-15,24-25,28,31-32H,9-11,16-23H2,1-8H3/t25-,28-,31?,32+,35-,36-,37+/m1/s1. The van der Waals surface area contributed by atoms with Crippen LogP contribution in [0.5, 0.6) is 0 Å². The topological polar surface area (TPSA) is 26.3 Å². The summed E-state index contributed by atoms with van der Waals surface area (Å²) in [5, 5.41) is 0. The van der Waals surface area contributed by atoms with E-state index in [1.54, 1.807) is 0 Å². The Hall–Kier alpha value is -1.09. The maximum Gasteiger partial charge on any atom is 0.338 e. The predicted molar refractivity (Wildman–Crippen MR) is 170 cm³/mol. The Bertz CT molecular complexity index is 1130. The van der Waals surface area contributed by atoms with Crippen LogP contribution in [0.25, 0.3) is 0 Å². The minimum absolute atomic E-state index is 0.0316. The van der Waals surface area contributed by atoms with Crippen molar-refractivity contribution in [1.82, 2.24) is 0 Å². The van der Waals surface area contributed by atoms with Crippen LogP contribution < -0.4 is 0 Å². The average molecular weight is 612 g/mol. The Kier molecular flexibility index (Phi) is 8.26. The fraction of sp³-hybridized carbons (Fsp3) is 0.757. The van der Waals surface area contributed by atoms with Crippen molar-refractivity contribution in [3.05, 3.63) is 45.4 Å². The Morgan fingerprint density at radius 3 is 2.27 bits per heavy atom. The largest absolute Gasteiger partial charge is 0.458 e. The molecule has 4 aliphatic carbocycles. The van der Waals surface area contributed by atoms with E-state index >= 15 is 0 Å². The Morgan fingerprint density at radius 2 is 1.60 bits per heavy atom. The van der Waals surface area contributed by atoms with E-state index in [0.29, 0.717) is 22.3 Å². The Morgan fingerprint density at radius 1 is 0.900 bits per heavy atom. The molecular formula is C37H55BrO2. The number of allylic oxidation sites excluding steroid dienone is 2. The minimum Gasteiger partial charge on any atom is -0.458 e. The van der Waals surface area contributed by atoms with Crippen molar-refractivity contribution >= 4 is 21.9 Å². The van der Waals surface area contributed by atoms with Gasteiger partial charge in [-0.15, -0.1) is 0 Å². The molecule has 3 heteroatoms. The normalized spacial score (nSPS) is 37.5. The highest BCUT2D eigenvalue weighted by molar-refractivity contribution is 9.10. The molecule has 0 aliphatic heterocycles.